The van der Waals surface area contributed by atoms with Crippen LogP contribution in [0.2, 0.25) is 4.34 Å². The molecule has 1 aliphatic carbocycles. The zero-order valence-electron chi connectivity index (χ0n) is 10.4. The molecule has 1 N–H and O–H groups in total. The Morgan fingerprint density at radius 2 is 2.20 bits per heavy atom. The number of hydrogen-bond donors (Lipinski definition) is 1. The Morgan fingerprint density at radius 3 is 2.80 bits per heavy atom. The summed E-state index contributed by atoms with van der Waals surface area (Å²) < 4.78 is 32.2. The molecule has 0 bridgehead atoms. The van der Waals surface area contributed by atoms with Crippen LogP contribution in [-0.2, 0) is 14.8 Å². The van der Waals surface area contributed by atoms with E-state index in [1.807, 2.05) is 0 Å². The van der Waals surface area contributed by atoms with Gasteiger partial charge in [0.05, 0.1) is 10.9 Å². The highest BCUT2D eigenvalue weighted by Crippen LogP contribution is 2.30. The van der Waals surface area contributed by atoms with Gasteiger partial charge in [-0.05, 0) is 25.0 Å². The van der Waals surface area contributed by atoms with Crippen molar-refractivity contribution in [2.45, 2.75) is 29.2 Å². The standard InChI is InChI=1S/C11H13ClN2O4S2/c12-9-3-4-10(19-9)20(16,17)13-5-8-6-14(7-1-2-7)11(15)18-8/h3-4,7-8,13H,1-2,5-6H2. The van der Waals surface area contributed by atoms with Crippen molar-refractivity contribution in [3.05, 3.63) is 16.5 Å². The van der Waals surface area contributed by atoms with E-state index in [-0.39, 0.29) is 22.9 Å². The Morgan fingerprint density at radius 1 is 1.45 bits per heavy atom. The van der Waals surface area contributed by atoms with Gasteiger partial charge in [-0.2, -0.15) is 0 Å². The predicted octanol–water partition coefficient (Wildman–Crippen LogP) is 1.66. The largest absolute Gasteiger partial charge is 0.443 e. The van der Waals surface area contributed by atoms with Gasteiger partial charge in [-0.1, -0.05) is 11.6 Å². The minimum absolute atomic E-state index is 0.0762. The van der Waals surface area contributed by atoms with Gasteiger partial charge in [0, 0.05) is 12.6 Å². The van der Waals surface area contributed by atoms with E-state index in [1.165, 1.54) is 12.1 Å². The number of cyclic esters (lactones) is 1. The first-order valence-electron chi connectivity index (χ1n) is 6.18. The zero-order chi connectivity index (χ0) is 14.3. The molecule has 3 rings (SSSR count). The first-order valence-corrected chi connectivity index (χ1v) is 8.86. The van der Waals surface area contributed by atoms with Gasteiger partial charge in [0.2, 0.25) is 10.0 Å². The fourth-order valence-electron chi connectivity index (χ4n) is 2.05. The van der Waals surface area contributed by atoms with Gasteiger partial charge < -0.3 is 9.64 Å². The minimum Gasteiger partial charge on any atom is -0.443 e. The van der Waals surface area contributed by atoms with Crippen LogP contribution in [0.5, 0.6) is 0 Å². The summed E-state index contributed by atoms with van der Waals surface area (Å²) in [6.45, 7) is 0.518. The number of halogens is 1. The van der Waals surface area contributed by atoms with Crippen molar-refractivity contribution in [3.63, 3.8) is 0 Å². The lowest BCUT2D eigenvalue weighted by Gasteiger charge is -2.11. The number of sulfonamides is 1. The molecule has 1 aliphatic heterocycles. The summed E-state index contributed by atoms with van der Waals surface area (Å²) in [6.07, 6.45) is 1.21. The Balaban J connectivity index is 1.58. The highest BCUT2D eigenvalue weighted by Gasteiger charge is 2.41. The molecule has 110 valence electrons. The van der Waals surface area contributed by atoms with Crippen LogP contribution in [0.25, 0.3) is 0 Å². The van der Waals surface area contributed by atoms with Crippen molar-refractivity contribution >= 4 is 39.1 Å². The molecule has 6 nitrogen and oxygen atoms in total. The van der Waals surface area contributed by atoms with Crippen molar-refractivity contribution in [1.82, 2.24) is 9.62 Å². The number of hydrogen-bond acceptors (Lipinski definition) is 5. The van der Waals surface area contributed by atoms with Crippen molar-refractivity contribution in [3.8, 4) is 0 Å². The van der Waals surface area contributed by atoms with Crippen LogP contribution in [0.3, 0.4) is 0 Å². The Labute approximate surface area is 125 Å². The van der Waals surface area contributed by atoms with Crippen molar-refractivity contribution in [2.24, 2.45) is 0 Å². The molecule has 1 saturated carbocycles. The summed E-state index contributed by atoms with van der Waals surface area (Å²) in [6, 6.07) is 3.26. The van der Waals surface area contributed by atoms with Crippen molar-refractivity contribution in [2.75, 3.05) is 13.1 Å². The smallest absolute Gasteiger partial charge is 0.410 e. The third kappa shape index (κ3) is 2.93. The molecular formula is C11H13ClN2O4S2. The van der Waals surface area contributed by atoms with Gasteiger partial charge in [-0.15, -0.1) is 11.3 Å². The quantitative estimate of drug-likeness (QED) is 0.887. The fraction of sp³-hybridized carbons (Fsp3) is 0.545. The molecule has 1 unspecified atom stereocenters. The molecule has 0 spiro atoms. The van der Waals surface area contributed by atoms with Gasteiger partial charge in [0.15, 0.2) is 0 Å². The Bertz CT molecular complexity index is 626. The van der Waals surface area contributed by atoms with E-state index in [0.29, 0.717) is 10.9 Å². The highest BCUT2D eigenvalue weighted by atomic mass is 35.5. The number of rotatable bonds is 5. The molecule has 1 aromatic rings. The number of nitrogens with one attached hydrogen (secondary N) is 1. The first kappa shape index (κ1) is 14.1. The van der Waals surface area contributed by atoms with Gasteiger partial charge in [0.25, 0.3) is 0 Å². The molecule has 2 fully saturated rings. The number of carbonyl (C=O) groups excluding carboxylic acids is 1. The van der Waals surface area contributed by atoms with E-state index in [0.717, 1.165) is 24.2 Å². The maximum Gasteiger partial charge on any atom is 0.410 e. The SMILES string of the molecule is O=C1OC(CNS(=O)(=O)c2ccc(Cl)s2)CN1C1CC1. The van der Waals surface area contributed by atoms with Crippen LogP contribution in [0.4, 0.5) is 4.79 Å². The maximum absolute atomic E-state index is 12.0. The lowest BCUT2D eigenvalue weighted by atomic mass is 10.3. The number of ether oxygens (including phenoxy) is 1. The van der Waals surface area contributed by atoms with Crippen LogP contribution in [0, 0.1) is 0 Å². The molecule has 2 aliphatic rings. The van der Waals surface area contributed by atoms with E-state index >= 15 is 0 Å². The molecule has 1 saturated heterocycles. The fourth-order valence-corrected chi connectivity index (χ4v) is 4.64. The van der Waals surface area contributed by atoms with Crippen molar-refractivity contribution < 1.29 is 17.9 Å². The number of amides is 1. The highest BCUT2D eigenvalue weighted by molar-refractivity contribution is 7.91. The average Bonchev–Trinajstić information content (AvgIpc) is 3.02. The monoisotopic (exact) mass is 336 g/mol. The number of carbonyl (C=O) groups is 1. The van der Waals surface area contributed by atoms with E-state index in [1.54, 1.807) is 4.90 Å². The molecule has 0 radical (unpaired) electrons. The van der Waals surface area contributed by atoms with Crippen LogP contribution >= 0.6 is 22.9 Å². The third-order valence-corrected chi connectivity index (χ3v) is 6.35. The number of thiophene rings is 1. The van der Waals surface area contributed by atoms with Crippen LogP contribution in [0.15, 0.2) is 16.3 Å². The minimum atomic E-state index is -3.59. The Hall–Kier alpha value is -0.830. The summed E-state index contributed by atoms with van der Waals surface area (Å²) >= 11 is 6.71. The summed E-state index contributed by atoms with van der Waals surface area (Å²) in [5.41, 5.74) is 0. The summed E-state index contributed by atoms with van der Waals surface area (Å²) in [4.78, 5) is 13.2. The molecule has 1 amide bonds. The van der Waals surface area contributed by atoms with E-state index < -0.39 is 16.1 Å². The topological polar surface area (TPSA) is 75.7 Å². The molecule has 20 heavy (non-hydrogen) atoms. The second kappa shape index (κ2) is 5.18. The molecule has 9 heteroatoms. The van der Waals surface area contributed by atoms with E-state index in [9.17, 15) is 13.2 Å². The van der Waals surface area contributed by atoms with E-state index in [4.69, 9.17) is 16.3 Å². The van der Waals surface area contributed by atoms with Gasteiger partial charge >= 0.3 is 6.09 Å². The van der Waals surface area contributed by atoms with Crippen LogP contribution < -0.4 is 4.72 Å². The summed E-state index contributed by atoms with van der Waals surface area (Å²) in [5.74, 6) is 0. The Kier molecular flexibility index (Phi) is 3.65. The normalized spacial score (nSPS) is 23.1. The molecule has 1 aromatic heterocycles. The molecule has 2 heterocycles. The van der Waals surface area contributed by atoms with Gasteiger partial charge in [-0.3, -0.25) is 0 Å². The first-order chi connectivity index (χ1) is 9.45. The maximum atomic E-state index is 12.0. The zero-order valence-corrected chi connectivity index (χ0v) is 12.8. The van der Waals surface area contributed by atoms with Gasteiger partial charge in [0.1, 0.15) is 10.3 Å². The van der Waals surface area contributed by atoms with Gasteiger partial charge in [-0.25, -0.2) is 17.9 Å². The molecular weight excluding hydrogens is 324 g/mol. The van der Waals surface area contributed by atoms with Crippen molar-refractivity contribution in [1.29, 1.82) is 0 Å². The molecule has 1 atom stereocenters. The van der Waals surface area contributed by atoms with Crippen LogP contribution in [-0.4, -0.2) is 44.6 Å². The second-order valence-corrected chi connectivity index (χ2v) is 8.51. The van der Waals surface area contributed by atoms with Crippen LogP contribution in [0.1, 0.15) is 12.8 Å². The second-order valence-electron chi connectivity index (χ2n) is 4.80. The lowest BCUT2D eigenvalue weighted by molar-refractivity contribution is 0.133. The molecule has 0 aromatic carbocycles. The average molecular weight is 337 g/mol. The summed E-state index contributed by atoms with van der Waals surface area (Å²) in [5, 5.41) is 0. The lowest BCUT2D eigenvalue weighted by Crippen LogP contribution is -2.34. The third-order valence-electron chi connectivity index (χ3n) is 3.20. The predicted molar refractivity (Wildman–Crippen MR) is 74.5 cm³/mol. The number of nitrogens with zero attached hydrogens (tertiary/aromatic N) is 1. The van der Waals surface area contributed by atoms with E-state index in [2.05, 4.69) is 4.72 Å². The summed E-state index contributed by atoms with van der Waals surface area (Å²) in [7, 11) is -3.59.